The highest BCUT2D eigenvalue weighted by Gasteiger charge is 2.17. The number of hydrogen-bond donors (Lipinski definition) is 2. The van der Waals surface area contributed by atoms with Crippen LogP contribution in [0.15, 0.2) is 78.2 Å². The Morgan fingerprint density at radius 2 is 1.54 bits per heavy atom. The van der Waals surface area contributed by atoms with Crippen LogP contribution in [-0.4, -0.2) is 26.6 Å². The number of amides is 2. The number of nitrogens with one attached hydrogen (secondary N) is 2. The zero-order valence-electron chi connectivity index (χ0n) is 14.6. The molecule has 28 heavy (non-hydrogen) atoms. The summed E-state index contributed by atoms with van der Waals surface area (Å²) < 4.78 is 1.48. The van der Waals surface area contributed by atoms with E-state index in [0.717, 1.165) is 0 Å². The Morgan fingerprint density at radius 1 is 0.821 bits per heavy atom. The second-order valence-electron chi connectivity index (χ2n) is 5.76. The molecule has 7 nitrogen and oxygen atoms in total. The first-order valence-electron chi connectivity index (χ1n) is 8.44. The predicted molar refractivity (Wildman–Crippen MR) is 108 cm³/mol. The van der Waals surface area contributed by atoms with Gasteiger partial charge in [-0.1, -0.05) is 42.5 Å². The fraction of sp³-hybridized carbons (Fsp3) is 0. The van der Waals surface area contributed by atoms with Crippen LogP contribution >= 0.6 is 11.3 Å². The Hall–Kier alpha value is -3.78. The van der Waals surface area contributed by atoms with Gasteiger partial charge in [0.2, 0.25) is 5.95 Å². The number of thiophene rings is 1. The summed E-state index contributed by atoms with van der Waals surface area (Å²) in [5.41, 5.74) is 1.20. The van der Waals surface area contributed by atoms with Crippen LogP contribution in [0, 0.1) is 0 Å². The first kappa shape index (κ1) is 17.6. The lowest BCUT2D eigenvalue weighted by molar-refractivity contribution is 0.102. The van der Waals surface area contributed by atoms with E-state index in [1.54, 1.807) is 36.4 Å². The molecule has 0 radical (unpaired) electrons. The first-order chi connectivity index (χ1) is 13.7. The van der Waals surface area contributed by atoms with Gasteiger partial charge in [0, 0.05) is 5.56 Å². The minimum absolute atomic E-state index is 0.102. The number of benzene rings is 2. The molecule has 2 heterocycles. The highest BCUT2D eigenvalue weighted by atomic mass is 32.1. The fourth-order valence-electron chi connectivity index (χ4n) is 2.53. The summed E-state index contributed by atoms with van der Waals surface area (Å²) in [5, 5.41) is 11.6. The SMILES string of the molecule is O=C(Nc1nc(NC(=O)c2cccs2)nn1-c1ccccc1)c1ccccc1. The number of hydrogen-bond acceptors (Lipinski definition) is 5. The van der Waals surface area contributed by atoms with Crippen LogP contribution in [0.2, 0.25) is 0 Å². The van der Waals surface area contributed by atoms with Crippen molar-refractivity contribution in [2.75, 3.05) is 10.6 Å². The molecule has 2 N–H and O–H groups in total. The van der Waals surface area contributed by atoms with E-state index in [0.29, 0.717) is 16.1 Å². The van der Waals surface area contributed by atoms with Crippen molar-refractivity contribution < 1.29 is 9.59 Å². The Balaban J connectivity index is 1.64. The molecule has 0 saturated heterocycles. The maximum Gasteiger partial charge on any atom is 0.268 e. The first-order valence-corrected chi connectivity index (χ1v) is 9.32. The van der Waals surface area contributed by atoms with E-state index in [1.807, 2.05) is 41.8 Å². The molecule has 0 aliphatic carbocycles. The van der Waals surface area contributed by atoms with Gasteiger partial charge < -0.3 is 0 Å². The topological polar surface area (TPSA) is 88.9 Å². The molecule has 0 aliphatic rings. The maximum absolute atomic E-state index is 12.5. The largest absolute Gasteiger partial charge is 0.290 e. The summed E-state index contributed by atoms with van der Waals surface area (Å²) in [6, 6.07) is 21.6. The molecule has 0 aliphatic heterocycles. The standard InChI is InChI=1S/C20H15N5O2S/c26-17(14-8-3-1-4-9-14)22-20-23-19(21-18(27)16-12-7-13-28-16)24-25(20)15-10-5-2-6-11-15/h1-13H,(H2,21,22,23,24,26,27). The molecule has 0 spiro atoms. The van der Waals surface area contributed by atoms with Crippen LogP contribution in [-0.2, 0) is 0 Å². The van der Waals surface area contributed by atoms with E-state index in [4.69, 9.17) is 0 Å². The van der Waals surface area contributed by atoms with Crippen LogP contribution in [0.25, 0.3) is 5.69 Å². The Kier molecular flexibility index (Phi) is 4.94. The molecule has 0 atom stereocenters. The van der Waals surface area contributed by atoms with E-state index in [-0.39, 0.29) is 23.7 Å². The number of carbonyl (C=O) groups is 2. The van der Waals surface area contributed by atoms with Gasteiger partial charge in [0.1, 0.15) is 0 Å². The molecule has 4 rings (SSSR count). The molecule has 4 aromatic rings. The molecule has 0 bridgehead atoms. The smallest absolute Gasteiger partial charge is 0.268 e. The highest BCUT2D eigenvalue weighted by Crippen LogP contribution is 2.18. The van der Waals surface area contributed by atoms with Crippen molar-refractivity contribution >= 4 is 35.0 Å². The average molecular weight is 389 g/mol. The second-order valence-corrected chi connectivity index (χ2v) is 6.71. The molecule has 2 aromatic heterocycles. The monoisotopic (exact) mass is 389 g/mol. The van der Waals surface area contributed by atoms with Crippen molar-refractivity contribution in [3.05, 3.63) is 88.6 Å². The van der Waals surface area contributed by atoms with Gasteiger partial charge in [0.05, 0.1) is 10.6 Å². The summed E-state index contributed by atoms with van der Waals surface area (Å²) in [6.45, 7) is 0. The number of para-hydroxylation sites is 1. The van der Waals surface area contributed by atoms with E-state index in [1.165, 1.54) is 16.0 Å². The van der Waals surface area contributed by atoms with Gasteiger partial charge in [-0.15, -0.1) is 16.4 Å². The van der Waals surface area contributed by atoms with Crippen molar-refractivity contribution in [3.8, 4) is 5.69 Å². The van der Waals surface area contributed by atoms with Crippen molar-refractivity contribution in [2.24, 2.45) is 0 Å². The normalized spacial score (nSPS) is 10.4. The van der Waals surface area contributed by atoms with Gasteiger partial charge in [-0.2, -0.15) is 9.67 Å². The van der Waals surface area contributed by atoms with Crippen molar-refractivity contribution in [1.29, 1.82) is 0 Å². The maximum atomic E-state index is 12.5. The van der Waals surface area contributed by atoms with Crippen LogP contribution in [0.1, 0.15) is 20.0 Å². The molecular weight excluding hydrogens is 374 g/mol. The quantitative estimate of drug-likeness (QED) is 0.543. The lowest BCUT2D eigenvalue weighted by atomic mass is 10.2. The van der Waals surface area contributed by atoms with Crippen molar-refractivity contribution in [3.63, 3.8) is 0 Å². The predicted octanol–water partition coefficient (Wildman–Crippen LogP) is 3.83. The highest BCUT2D eigenvalue weighted by molar-refractivity contribution is 7.12. The van der Waals surface area contributed by atoms with Gasteiger partial charge in [0.15, 0.2) is 0 Å². The molecule has 2 amide bonds. The van der Waals surface area contributed by atoms with Crippen LogP contribution < -0.4 is 10.6 Å². The summed E-state index contributed by atoms with van der Waals surface area (Å²) in [7, 11) is 0. The third kappa shape index (κ3) is 3.81. The van der Waals surface area contributed by atoms with E-state index < -0.39 is 0 Å². The number of nitrogens with zero attached hydrogens (tertiary/aromatic N) is 3. The molecule has 8 heteroatoms. The van der Waals surface area contributed by atoms with Gasteiger partial charge >= 0.3 is 0 Å². The van der Waals surface area contributed by atoms with E-state index in [2.05, 4.69) is 20.7 Å². The lowest BCUT2D eigenvalue weighted by Crippen LogP contribution is -2.15. The van der Waals surface area contributed by atoms with Crippen molar-refractivity contribution in [2.45, 2.75) is 0 Å². The average Bonchev–Trinajstić information content (AvgIpc) is 3.40. The lowest BCUT2D eigenvalue weighted by Gasteiger charge is -2.06. The third-order valence-electron chi connectivity index (χ3n) is 3.84. The van der Waals surface area contributed by atoms with Gasteiger partial charge in [-0.05, 0) is 35.7 Å². The summed E-state index contributed by atoms with van der Waals surface area (Å²) in [6.07, 6.45) is 0. The zero-order valence-corrected chi connectivity index (χ0v) is 15.4. The Bertz CT molecular complexity index is 1090. The Morgan fingerprint density at radius 3 is 2.21 bits per heavy atom. The van der Waals surface area contributed by atoms with Gasteiger partial charge in [-0.25, -0.2) is 0 Å². The third-order valence-corrected chi connectivity index (χ3v) is 4.71. The van der Waals surface area contributed by atoms with E-state index >= 15 is 0 Å². The molecular formula is C20H15N5O2S. The fourth-order valence-corrected chi connectivity index (χ4v) is 3.15. The van der Waals surface area contributed by atoms with Gasteiger partial charge in [0.25, 0.3) is 17.8 Å². The number of aromatic nitrogens is 3. The van der Waals surface area contributed by atoms with Gasteiger partial charge in [-0.3, -0.25) is 20.2 Å². The minimum Gasteiger partial charge on any atom is -0.290 e. The number of anilines is 2. The zero-order chi connectivity index (χ0) is 19.3. The molecule has 0 unspecified atom stereocenters. The van der Waals surface area contributed by atoms with Crippen molar-refractivity contribution in [1.82, 2.24) is 14.8 Å². The summed E-state index contributed by atoms with van der Waals surface area (Å²) >= 11 is 1.32. The van der Waals surface area contributed by atoms with E-state index in [9.17, 15) is 9.59 Å². The Labute approximate surface area is 164 Å². The second kappa shape index (κ2) is 7.85. The summed E-state index contributed by atoms with van der Waals surface area (Å²) in [4.78, 5) is 29.7. The van der Waals surface area contributed by atoms with Crippen LogP contribution in [0.5, 0.6) is 0 Å². The molecule has 0 fully saturated rings. The number of rotatable bonds is 5. The van der Waals surface area contributed by atoms with Crippen LogP contribution in [0.4, 0.5) is 11.9 Å². The molecule has 138 valence electrons. The number of carbonyl (C=O) groups excluding carboxylic acids is 2. The summed E-state index contributed by atoms with van der Waals surface area (Å²) in [5.74, 6) is -0.311. The molecule has 0 saturated carbocycles. The minimum atomic E-state index is -0.318. The molecule has 2 aromatic carbocycles. The van der Waals surface area contributed by atoms with Crippen LogP contribution in [0.3, 0.4) is 0 Å².